The zero-order valence-electron chi connectivity index (χ0n) is 7.37. The maximum atomic E-state index is 12.4. The highest BCUT2D eigenvalue weighted by Gasteiger charge is 2.21. The minimum Gasteiger partial charge on any atom is -0.325 e. The first kappa shape index (κ1) is 8.62. The summed E-state index contributed by atoms with van der Waals surface area (Å²) in [6.45, 7) is 2.13. The van der Waals surface area contributed by atoms with Crippen LogP contribution in [0.25, 0.3) is 0 Å². The molecule has 1 aliphatic heterocycles. The van der Waals surface area contributed by atoms with Crippen molar-refractivity contribution in [3.8, 4) is 0 Å². The Labute approximate surface area is 75.0 Å². The normalized spacial score (nSPS) is 17.8. The van der Waals surface area contributed by atoms with Gasteiger partial charge in [-0.05, 0) is 7.05 Å². The van der Waals surface area contributed by atoms with Gasteiger partial charge in [0.25, 0.3) is 6.43 Å². The average molecular weight is 187 g/mol. The van der Waals surface area contributed by atoms with Crippen LogP contribution in [0, 0.1) is 0 Å². The Bertz CT molecular complexity index is 308. The fourth-order valence-electron chi connectivity index (χ4n) is 1.61. The molecule has 72 valence electrons. The quantitative estimate of drug-likeness (QED) is 0.660. The van der Waals surface area contributed by atoms with Crippen LogP contribution in [0.2, 0.25) is 0 Å². The van der Waals surface area contributed by atoms with Crippen molar-refractivity contribution in [2.45, 2.75) is 19.5 Å². The van der Waals surface area contributed by atoms with Crippen LogP contribution in [0.5, 0.6) is 0 Å². The Kier molecular flexibility index (Phi) is 2.03. The largest absolute Gasteiger partial charge is 0.325 e. The first-order valence-corrected chi connectivity index (χ1v) is 4.19. The van der Waals surface area contributed by atoms with Gasteiger partial charge in [-0.2, -0.15) is 0 Å². The number of hydrogen-bond donors (Lipinski definition) is 0. The lowest BCUT2D eigenvalue weighted by Gasteiger charge is -2.24. The predicted molar refractivity (Wildman–Crippen MR) is 43.5 cm³/mol. The number of fused-ring (bicyclic) bond motifs is 1. The Hall–Kier alpha value is -0.970. The molecule has 0 unspecified atom stereocenters. The molecule has 0 spiro atoms. The van der Waals surface area contributed by atoms with E-state index in [1.54, 1.807) is 4.57 Å². The molecule has 0 atom stereocenters. The number of aromatic nitrogens is 2. The third kappa shape index (κ3) is 1.44. The van der Waals surface area contributed by atoms with Crippen LogP contribution in [0.1, 0.15) is 17.9 Å². The molecule has 0 bridgehead atoms. The highest BCUT2D eigenvalue weighted by atomic mass is 19.3. The topological polar surface area (TPSA) is 21.1 Å². The van der Waals surface area contributed by atoms with Crippen LogP contribution in [0.15, 0.2) is 6.20 Å². The Balaban J connectivity index is 2.33. The maximum Gasteiger partial charge on any atom is 0.295 e. The second kappa shape index (κ2) is 3.06. The Morgan fingerprint density at radius 2 is 2.23 bits per heavy atom. The van der Waals surface area contributed by atoms with Crippen molar-refractivity contribution in [2.24, 2.45) is 0 Å². The average Bonchev–Trinajstić information content (AvgIpc) is 2.46. The van der Waals surface area contributed by atoms with Gasteiger partial charge in [0.15, 0.2) is 5.82 Å². The molecule has 2 heterocycles. The van der Waals surface area contributed by atoms with Gasteiger partial charge in [-0.15, -0.1) is 0 Å². The van der Waals surface area contributed by atoms with Gasteiger partial charge in [-0.3, -0.25) is 4.90 Å². The highest BCUT2D eigenvalue weighted by molar-refractivity contribution is 5.08. The molecule has 0 saturated heterocycles. The van der Waals surface area contributed by atoms with E-state index in [9.17, 15) is 8.78 Å². The molecule has 0 aliphatic carbocycles. The molecule has 0 saturated carbocycles. The molecule has 5 heteroatoms. The van der Waals surface area contributed by atoms with Crippen LogP contribution >= 0.6 is 0 Å². The lowest BCUT2D eigenvalue weighted by Crippen LogP contribution is -2.30. The van der Waals surface area contributed by atoms with E-state index >= 15 is 0 Å². The van der Waals surface area contributed by atoms with Gasteiger partial charge in [-0.25, -0.2) is 13.8 Å². The van der Waals surface area contributed by atoms with Crippen molar-refractivity contribution in [2.75, 3.05) is 13.6 Å². The van der Waals surface area contributed by atoms with E-state index in [1.807, 2.05) is 7.05 Å². The SMILES string of the molecule is CN1CCn2c(cnc2C(F)F)C1. The molecular formula is C8H11F2N3. The van der Waals surface area contributed by atoms with Crippen LogP contribution < -0.4 is 0 Å². The van der Waals surface area contributed by atoms with Gasteiger partial charge >= 0.3 is 0 Å². The highest BCUT2D eigenvalue weighted by Crippen LogP contribution is 2.21. The summed E-state index contributed by atoms with van der Waals surface area (Å²) >= 11 is 0. The zero-order chi connectivity index (χ0) is 9.42. The van der Waals surface area contributed by atoms with E-state index < -0.39 is 6.43 Å². The summed E-state index contributed by atoms with van der Waals surface area (Å²) in [5.74, 6) is -0.0944. The second-order valence-electron chi connectivity index (χ2n) is 3.30. The number of rotatable bonds is 1. The molecule has 2 rings (SSSR count). The van der Waals surface area contributed by atoms with E-state index in [0.717, 1.165) is 12.2 Å². The van der Waals surface area contributed by atoms with Gasteiger partial charge < -0.3 is 4.57 Å². The molecule has 13 heavy (non-hydrogen) atoms. The van der Waals surface area contributed by atoms with Gasteiger partial charge in [-0.1, -0.05) is 0 Å². The summed E-state index contributed by atoms with van der Waals surface area (Å²) in [5.41, 5.74) is 0.879. The molecular weight excluding hydrogens is 176 g/mol. The summed E-state index contributed by atoms with van der Waals surface area (Å²) in [6, 6.07) is 0. The van der Waals surface area contributed by atoms with E-state index in [4.69, 9.17) is 0 Å². The molecule has 0 aromatic carbocycles. The molecule has 0 amide bonds. The van der Waals surface area contributed by atoms with Crippen LogP contribution in [0.4, 0.5) is 8.78 Å². The van der Waals surface area contributed by atoms with Crippen molar-refractivity contribution in [3.05, 3.63) is 17.7 Å². The maximum absolute atomic E-state index is 12.4. The monoisotopic (exact) mass is 187 g/mol. The summed E-state index contributed by atoms with van der Waals surface area (Å²) < 4.78 is 26.4. The van der Waals surface area contributed by atoms with Crippen LogP contribution in [-0.2, 0) is 13.1 Å². The number of alkyl halides is 2. The van der Waals surface area contributed by atoms with Gasteiger partial charge in [0.2, 0.25) is 0 Å². The standard InChI is InChI=1S/C8H11F2N3/c1-12-2-3-13-6(5-12)4-11-8(13)7(9)10/h4,7H,2-3,5H2,1H3. The summed E-state index contributed by atoms with van der Waals surface area (Å²) in [7, 11) is 1.97. The fourth-order valence-corrected chi connectivity index (χ4v) is 1.61. The predicted octanol–water partition coefficient (Wildman–Crippen LogP) is 1.27. The first-order valence-electron chi connectivity index (χ1n) is 4.19. The van der Waals surface area contributed by atoms with Crippen molar-refractivity contribution < 1.29 is 8.78 Å². The van der Waals surface area contributed by atoms with Gasteiger partial charge in [0.1, 0.15) is 0 Å². The number of likely N-dealkylation sites (N-methyl/N-ethyl adjacent to an activating group) is 1. The molecule has 3 nitrogen and oxygen atoms in total. The first-order chi connectivity index (χ1) is 6.18. The lowest BCUT2D eigenvalue weighted by atomic mass is 10.3. The molecule has 0 radical (unpaired) electrons. The summed E-state index contributed by atoms with van der Waals surface area (Å²) in [5, 5.41) is 0. The van der Waals surface area contributed by atoms with Crippen molar-refractivity contribution in [1.29, 1.82) is 0 Å². The molecule has 1 aromatic heterocycles. The van der Waals surface area contributed by atoms with Crippen molar-refractivity contribution >= 4 is 0 Å². The smallest absolute Gasteiger partial charge is 0.295 e. The number of hydrogen-bond acceptors (Lipinski definition) is 2. The van der Waals surface area contributed by atoms with Crippen molar-refractivity contribution in [1.82, 2.24) is 14.5 Å². The Morgan fingerprint density at radius 3 is 2.92 bits per heavy atom. The number of imidazole rings is 1. The summed E-state index contributed by atoms with van der Waals surface area (Å²) in [6.07, 6.45) is -0.922. The van der Waals surface area contributed by atoms with E-state index in [1.165, 1.54) is 6.20 Å². The van der Waals surface area contributed by atoms with Crippen LogP contribution in [0.3, 0.4) is 0 Å². The van der Waals surface area contributed by atoms with Gasteiger partial charge in [0.05, 0.1) is 11.9 Å². The zero-order valence-corrected chi connectivity index (χ0v) is 7.37. The van der Waals surface area contributed by atoms with E-state index in [0.29, 0.717) is 13.1 Å². The molecule has 0 N–H and O–H groups in total. The van der Waals surface area contributed by atoms with E-state index in [2.05, 4.69) is 9.88 Å². The summed E-state index contributed by atoms with van der Waals surface area (Å²) in [4.78, 5) is 5.81. The third-order valence-corrected chi connectivity index (χ3v) is 2.30. The van der Waals surface area contributed by atoms with Gasteiger partial charge in [0, 0.05) is 19.6 Å². The molecule has 0 fully saturated rings. The number of nitrogens with zero attached hydrogens (tertiary/aromatic N) is 3. The fraction of sp³-hybridized carbons (Fsp3) is 0.625. The molecule has 1 aromatic rings. The second-order valence-corrected chi connectivity index (χ2v) is 3.30. The van der Waals surface area contributed by atoms with Crippen molar-refractivity contribution in [3.63, 3.8) is 0 Å². The van der Waals surface area contributed by atoms with E-state index in [-0.39, 0.29) is 5.82 Å². The third-order valence-electron chi connectivity index (χ3n) is 2.30. The number of halogens is 2. The van der Waals surface area contributed by atoms with Crippen LogP contribution in [-0.4, -0.2) is 28.0 Å². The molecule has 1 aliphatic rings. The lowest BCUT2D eigenvalue weighted by molar-refractivity contribution is 0.130. The Morgan fingerprint density at radius 1 is 1.46 bits per heavy atom. The minimum atomic E-state index is -2.46. The minimum absolute atomic E-state index is 0.0944.